The minimum Gasteiger partial charge on any atom is -0.489 e. The molecule has 3 amide bonds. The SMILES string of the molecule is Cc1ccccc1NC(=O)CN1C(=O)S/C(=C\c2cccc(OCc3ccccc3)c2)C1=O. The highest BCUT2D eigenvalue weighted by molar-refractivity contribution is 8.18. The average molecular weight is 459 g/mol. The normalized spacial score (nSPS) is 14.6. The van der Waals surface area contributed by atoms with E-state index in [0.717, 1.165) is 33.4 Å². The maximum atomic E-state index is 12.8. The van der Waals surface area contributed by atoms with Crippen LogP contribution in [0.15, 0.2) is 83.8 Å². The lowest BCUT2D eigenvalue weighted by Crippen LogP contribution is -2.36. The fourth-order valence-electron chi connectivity index (χ4n) is 3.27. The van der Waals surface area contributed by atoms with Crippen molar-refractivity contribution in [1.29, 1.82) is 0 Å². The van der Waals surface area contributed by atoms with Gasteiger partial charge in [-0.3, -0.25) is 19.3 Å². The van der Waals surface area contributed by atoms with E-state index >= 15 is 0 Å². The molecule has 0 atom stereocenters. The Hall–Kier alpha value is -3.84. The highest BCUT2D eigenvalue weighted by Crippen LogP contribution is 2.32. The topological polar surface area (TPSA) is 75.7 Å². The van der Waals surface area contributed by atoms with Gasteiger partial charge in [0.2, 0.25) is 5.91 Å². The summed E-state index contributed by atoms with van der Waals surface area (Å²) < 4.78 is 5.83. The molecule has 6 nitrogen and oxygen atoms in total. The summed E-state index contributed by atoms with van der Waals surface area (Å²) in [6.07, 6.45) is 1.64. The number of nitrogens with zero attached hydrogens (tertiary/aromatic N) is 1. The van der Waals surface area contributed by atoms with Crippen LogP contribution in [0.25, 0.3) is 6.08 Å². The van der Waals surface area contributed by atoms with Crippen molar-refractivity contribution in [1.82, 2.24) is 4.90 Å². The van der Waals surface area contributed by atoms with E-state index in [1.54, 1.807) is 12.1 Å². The van der Waals surface area contributed by atoms with Crippen molar-refractivity contribution >= 4 is 40.6 Å². The van der Waals surface area contributed by atoms with E-state index in [2.05, 4.69) is 5.32 Å². The van der Waals surface area contributed by atoms with Crippen molar-refractivity contribution in [3.63, 3.8) is 0 Å². The molecule has 0 bridgehead atoms. The number of rotatable bonds is 7. The predicted octanol–water partition coefficient (Wildman–Crippen LogP) is 5.25. The molecule has 1 saturated heterocycles. The third kappa shape index (κ3) is 5.70. The Labute approximate surface area is 196 Å². The zero-order valence-corrected chi connectivity index (χ0v) is 18.8. The van der Waals surface area contributed by atoms with Crippen molar-refractivity contribution < 1.29 is 19.1 Å². The summed E-state index contributed by atoms with van der Waals surface area (Å²) in [7, 11) is 0. The van der Waals surface area contributed by atoms with Gasteiger partial charge >= 0.3 is 0 Å². The van der Waals surface area contributed by atoms with Gasteiger partial charge in [-0.1, -0.05) is 60.7 Å². The summed E-state index contributed by atoms with van der Waals surface area (Å²) in [5.74, 6) is -0.255. The van der Waals surface area contributed by atoms with Crippen molar-refractivity contribution in [3.8, 4) is 5.75 Å². The Bertz CT molecular complexity index is 1220. The van der Waals surface area contributed by atoms with E-state index < -0.39 is 17.1 Å². The second kappa shape index (κ2) is 10.2. The Morgan fingerprint density at radius 1 is 1.00 bits per heavy atom. The number of anilines is 1. The first kappa shape index (κ1) is 22.4. The lowest BCUT2D eigenvalue weighted by Gasteiger charge is -2.13. The molecule has 1 N–H and O–H groups in total. The number of hydrogen-bond donors (Lipinski definition) is 1. The number of amides is 3. The number of benzene rings is 3. The molecule has 1 aliphatic rings. The van der Waals surface area contributed by atoms with Crippen molar-refractivity contribution in [3.05, 3.63) is 100 Å². The number of ether oxygens (including phenoxy) is 1. The summed E-state index contributed by atoms with van der Waals surface area (Å²) in [4.78, 5) is 38.8. The second-order valence-electron chi connectivity index (χ2n) is 7.48. The number of hydrogen-bond acceptors (Lipinski definition) is 5. The monoisotopic (exact) mass is 458 g/mol. The lowest BCUT2D eigenvalue weighted by atomic mass is 10.2. The highest BCUT2D eigenvalue weighted by atomic mass is 32.2. The molecule has 3 aromatic carbocycles. The summed E-state index contributed by atoms with van der Waals surface area (Å²) in [5, 5.41) is 2.28. The van der Waals surface area contributed by atoms with Crippen LogP contribution < -0.4 is 10.1 Å². The molecule has 0 saturated carbocycles. The van der Waals surface area contributed by atoms with E-state index in [1.165, 1.54) is 0 Å². The van der Waals surface area contributed by atoms with Gasteiger partial charge in [-0.05, 0) is 59.7 Å². The molecule has 0 aliphatic carbocycles. The molecule has 4 rings (SSSR count). The van der Waals surface area contributed by atoms with Gasteiger partial charge < -0.3 is 10.1 Å². The van der Waals surface area contributed by atoms with Crippen LogP contribution in [0.2, 0.25) is 0 Å². The van der Waals surface area contributed by atoms with Crippen molar-refractivity contribution in [2.45, 2.75) is 13.5 Å². The van der Waals surface area contributed by atoms with Gasteiger partial charge in [-0.25, -0.2) is 0 Å². The summed E-state index contributed by atoms with van der Waals surface area (Å²) >= 11 is 0.822. The Balaban J connectivity index is 1.41. The van der Waals surface area contributed by atoms with Crippen LogP contribution in [0.1, 0.15) is 16.7 Å². The standard InChI is InChI=1S/C26H22N2O4S/c1-18-8-5-6-13-22(18)27-24(29)16-28-25(30)23(33-26(28)31)15-20-11-7-12-21(14-20)32-17-19-9-3-2-4-10-19/h2-15H,16-17H2,1H3,(H,27,29)/b23-15-. The largest absolute Gasteiger partial charge is 0.489 e. The number of nitrogens with one attached hydrogen (secondary N) is 1. The van der Waals surface area contributed by atoms with Crippen molar-refractivity contribution in [2.24, 2.45) is 0 Å². The smallest absolute Gasteiger partial charge is 0.294 e. The quantitative estimate of drug-likeness (QED) is 0.490. The molecule has 0 spiro atoms. The molecular weight excluding hydrogens is 436 g/mol. The van der Waals surface area contributed by atoms with Gasteiger partial charge in [0.25, 0.3) is 11.1 Å². The Kier molecular flexibility index (Phi) is 6.90. The van der Waals surface area contributed by atoms with Crippen LogP contribution in [-0.2, 0) is 16.2 Å². The van der Waals surface area contributed by atoms with Crippen LogP contribution in [0.5, 0.6) is 5.75 Å². The summed E-state index contributed by atoms with van der Waals surface area (Å²) in [5.41, 5.74) is 3.33. The van der Waals surface area contributed by atoms with Crippen LogP contribution in [0.4, 0.5) is 10.5 Å². The Morgan fingerprint density at radius 2 is 1.76 bits per heavy atom. The number of imide groups is 1. The molecule has 1 fully saturated rings. The molecular formula is C26H22N2O4S. The molecule has 1 aliphatic heterocycles. The van der Waals surface area contributed by atoms with Gasteiger partial charge in [0.15, 0.2) is 0 Å². The Morgan fingerprint density at radius 3 is 2.55 bits per heavy atom. The van der Waals surface area contributed by atoms with E-state index in [-0.39, 0.29) is 11.4 Å². The van der Waals surface area contributed by atoms with E-state index in [1.807, 2.05) is 79.7 Å². The molecule has 3 aromatic rings. The molecule has 0 aromatic heterocycles. The number of thioether (sulfide) groups is 1. The third-order valence-corrected chi connectivity index (χ3v) is 5.91. The van der Waals surface area contributed by atoms with Gasteiger partial charge in [0.05, 0.1) is 4.91 Å². The van der Waals surface area contributed by atoms with Crippen LogP contribution >= 0.6 is 11.8 Å². The zero-order valence-electron chi connectivity index (χ0n) is 18.0. The fourth-order valence-corrected chi connectivity index (χ4v) is 4.11. The number of para-hydroxylation sites is 1. The molecule has 33 heavy (non-hydrogen) atoms. The molecule has 7 heteroatoms. The fraction of sp³-hybridized carbons (Fsp3) is 0.115. The third-order valence-electron chi connectivity index (χ3n) is 5.00. The van der Waals surface area contributed by atoms with E-state index in [0.29, 0.717) is 18.0 Å². The van der Waals surface area contributed by atoms with Crippen LogP contribution in [0, 0.1) is 6.92 Å². The molecule has 0 unspecified atom stereocenters. The first-order valence-corrected chi connectivity index (χ1v) is 11.2. The minimum absolute atomic E-state index is 0.268. The zero-order chi connectivity index (χ0) is 23.2. The molecule has 166 valence electrons. The summed E-state index contributed by atoms with van der Waals surface area (Å²) in [6, 6.07) is 24.4. The predicted molar refractivity (Wildman–Crippen MR) is 130 cm³/mol. The molecule has 1 heterocycles. The molecule has 0 radical (unpaired) electrons. The number of carbonyl (C=O) groups is 3. The van der Waals surface area contributed by atoms with Gasteiger partial charge in [0.1, 0.15) is 18.9 Å². The van der Waals surface area contributed by atoms with E-state index in [4.69, 9.17) is 4.74 Å². The number of aryl methyl sites for hydroxylation is 1. The summed E-state index contributed by atoms with van der Waals surface area (Å²) in [6.45, 7) is 1.96. The van der Waals surface area contributed by atoms with Gasteiger partial charge in [0, 0.05) is 5.69 Å². The lowest BCUT2D eigenvalue weighted by molar-refractivity contribution is -0.127. The van der Waals surface area contributed by atoms with Gasteiger partial charge in [-0.15, -0.1) is 0 Å². The first-order valence-electron chi connectivity index (χ1n) is 10.4. The number of carbonyl (C=O) groups excluding carboxylic acids is 3. The van der Waals surface area contributed by atoms with Crippen LogP contribution in [0.3, 0.4) is 0 Å². The highest BCUT2D eigenvalue weighted by Gasteiger charge is 2.36. The van der Waals surface area contributed by atoms with Crippen molar-refractivity contribution in [2.75, 3.05) is 11.9 Å². The van der Waals surface area contributed by atoms with E-state index in [9.17, 15) is 14.4 Å². The maximum Gasteiger partial charge on any atom is 0.294 e. The first-order chi connectivity index (χ1) is 16.0. The minimum atomic E-state index is -0.486. The average Bonchev–Trinajstić information content (AvgIpc) is 3.07. The second-order valence-corrected chi connectivity index (χ2v) is 8.47. The van der Waals surface area contributed by atoms with Gasteiger partial charge in [-0.2, -0.15) is 0 Å². The van der Waals surface area contributed by atoms with Crippen LogP contribution in [-0.4, -0.2) is 28.5 Å². The maximum absolute atomic E-state index is 12.8.